The molecule has 1 aromatic rings. The van der Waals surface area contributed by atoms with E-state index >= 15 is 0 Å². The SMILES string of the molecule is O=[N+]([O-])c1cccc(C2CC2)c1. The minimum Gasteiger partial charge on any atom is -0.258 e. The van der Waals surface area contributed by atoms with Crippen LogP contribution in [0.4, 0.5) is 5.69 Å². The zero-order valence-corrected chi connectivity index (χ0v) is 6.56. The van der Waals surface area contributed by atoms with Crippen LogP contribution in [-0.4, -0.2) is 4.92 Å². The normalized spacial score (nSPS) is 16.0. The molecule has 0 radical (unpaired) electrons. The van der Waals surface area contributed by atoms with E-state index in [0.717, 1.165) is 5.56 Å². The van der Waals surface area contributed by atoms with Gasteiger partial charge in [-0.25, -0.2) is 0 Å². The Bertz CT molecular complexity index is 318. The van der Waals surface area contributed by atoms with Gasteiger partial charge in [-0.05, 0) is 24.3 Å². The lowest BCUT2D eigenvalue weighted by molar-refractivity contribution is -0.384. The Morgan fingerprint density at radius 3 is 2.75 bits per heavy atom. The Labute approximate surface area is 70.2 Å². The summed E-state index contributed by atoms with van der Waals surface area (Å²) >= 11 is 0. The molecule has 1 aromatic carbocycles. The number of non-ortho nitro benzene ring substituents is 1. The molecule has 2 rings (SSSR count). The van der Waals surface area contributed by atoms with Crippen LogP contribution in [0.1, 0.15) is 24.3 Å². The maximum absolute atomic E-state index is 10.4. The van der Waals surface area contributed by atoms with E-state index in [1.54, 1.807) is 12.1 Å². The highest BCUT2D eigenvalue weighted by Gasteiger charge is 2.24. The predicted molar refractivity (Wildman–Crippen MR) is 45.1 cm³/mol. The van der Waals surface area contributed by atoms with Crippen molar-refractivity contribution >= 4 is 5.69 Å². The summed E-state index contributed by atoms with van der Waals surface area (Å²) in [6, 6.07) is 6.93. The van der Waals surface area contributed by atoms with Crippen molar-refractivity contribution in [2.24, 2.45) is 0 Å². The summed E-state index contributed by atoms with van der Waals surface area (Å²) in [5.41, 5.74) is 1.32. The number of hydrogen-bond donors (Lipinski definition) is 0. The molecule has 0 saturated heterocycles. The molecule has 3 nitrogen and oxygen atoms in total. The van der Waals surface area contributed by atoms with Crippen molar-refractivity contribution in [3.8, 4) is 0 Å². The largest absolute Gasteiger partial charge is 0.269 e. The van der Waals surface area contributed by atoms with Crippen molar-refractivity contribution in [1.29, 1.82) is 0 Å². The molecule has 0 N–H and O–H groups in total. The fourth-order valence-electron chi connectivity index (χ4n) is 1.31. The highest BCUT2D eigenvalue weighted by atomic mass is 16.6. The maximum atomic E-state index is 10.4. The van der Waals surface area contributed by atoms with Crippen molar-refractivity contribution in [3.63, 3.8) is 0 Å². The Hall–Kier alpha value is -1.38. The Balaban J connectivity index is 2.32. The third-order valence-electron chi connectivity index (χ3n) is 2.13. The van der Waals surface area contributed by atoms with E-state index in [-0.39, 0.29) is 10.6 Å². The summed E-state index contributed by atoms with van der Waals surface area (Å²) in [6.07, 6.45) is 2.36. The molecule has 0 amide bonds. The lowest BCUT2D eigenvalue weighted by atomic mass is 10.1. The molecule has 1 saturated carbocycles. The average Bonchev–Trinajstić information content (AvgIpc) is 2.87. The smallest absolute Gasteiger partial charge is 0.258 e. The Morgan fingerprint density at radius 1 is 1.42 bits per heavy atom. The van der Waals surface area contributed by atoms with E-state index in [2.05, 4.69) is 0 Å². The summed E-state index contributed by atoms with van der Waals surface area (Å²) < 4.78 is 0. The third kappa shape index (κ3) is 1.30. The van der Waals surface area contributed by atoms with Gasteiger partial charge in [-0.1, -0.05) is 12.1 Å². The molecule has 1 aliphatic rings. The fraction of sp³-hybridized carbons (Fsp3) is 0.333. The van der Waals surface area contributed by atoms with Crippen LogP contribution in [0.25, 0.3) is 0 Å². The summed E-state index contributed by atoms with van der Waals surface area (Å²) in [4.78, 5) is 10.1. The molecule has 0 aromatic heterocycles. The van der Waals surface area contributed by atoms with Gasteiger partial charge < -0.3 is 0 Å². The zero-order valence-electron chi connectivity index (χ0n) is 6.56. The van der Waals surface area contributed by atoms with Crippen LogP contribution in [0.2, 0.25) is 0 Å². The number of nitro groups is 1. The highest BCUT2D eigenvalue weighted by molar-refractivity contribution is 5.37. The zero-order chi connectivity index (χ0) is 8.55. The number of hydrogen-bond acceptors (Lipinski definition) is 2. The fourth-order valence-corrected chi connectivity index (χ4v) is 1.31. The molecule has 1 fully saturated rings. The first-order valence-corrected chi connectivity index (χ1v) is 4.02. The van der Waals surface area contributed by atoms with Gasteiger partial charge in [0.2, 0.25) is 0 Å². The molecule has 0 spiro atoms. The minimum atomic E-state index is -0.341. The number of nitro benzene ring substituents is 1. The standard InChI is InChI=1S/C9H9NO2/c11-10(12)9-3-1-2-8(6-9)7-4-5-7/h1-3,6-7H,4-5H2. The van der Waals surface area contributed by atoms with Gasteiger partial charge in [0.05, 0.1) is 4.92 Å². The monoisotopic (exact) mass is 163 g/mol. The van der Waals surface area contributed by atoms with Crippen molar-refractivity contribution < 1.29 is 4.92 Å². The lowest BCUT2D eigenvalue weighted by Gasteiger charge is -1.96. The molecule has 62 valence electrons. The molecule has 0 atom stereocenters. The first kappa shape index (κ1) is 7.28. The number of rotatable bonds is 2. The molecular weight excluding hydrogens is 154 g/mol. The minimum absolute atomic E-state index is 0.208. The van der Waals surface area contributed by atoms with Gasteiger partial charge in [0.1, 0.15) is 0 Å². The summed E-state index contributed by atoms with van der Waals surface area (Å²) in [5, 5.41) is 10.4. The van der Waals surface area contributed by atoms with E-state index in [1.165, 1.54) is 18.9 Å². The summed E-state index contributed by atoms with van der Waals surface area (Å²) in [5.74, 6) is 0.588. The number of benzene rings is 1. The van der Waals surface area contributed by atoms with Gasteiger partial charge >= 0.3 is 0 Å². The molecule has 0 bridgehead atoms. The van der Waals surface area contributed by atoms with E-state index in [4.69, 9.17) is 0 Å². The van der Waals surface area contributed by atoms with Crippen molar-refractivity contribution in [1.82, 2.24) is 0 Å². The van der Waals surface area contributed by atoms with Crippen LogP contribution >= 0.6 is 0 Å². The van der Waals surface area contributed by atoms with Crippen LogP contribution in [0.3, 0.4) is 0 Å². The van der Waals surface area contributed by atoms with Crippen LogP contribution in [0, 0.1) is 10.1 Å². The van der Waals surface area contributed by atoms with Gasteiger partial charge in [0, 0.05) is 12.1 Å². The van der Waals surface area contributed by atoms with Crippen LogP contribution < -0.4 is 0 Å². The van der Waals surface area contributed by atoms with E-state index in [1.807, 2.05) is 6.07 Å². The third-order valence-corrected chi connectivity index (χ3v) is 2.13. The molecule has 12 heavy (non-hydrogen) atoms. The average molecular weight is 163 g/mol. The van der Waals surface area contributed by atoms with Gasteiger partial charge in [-0.3, -0.25) is 10.1 Å². The lowest BCUT2D eigenvalue weighted by Crippen LogP contribution is -1.88. The van der Waals surface area contributed by atoms with Crippen LogP contribution in [-0.2, 0) is 0 Å². The molecule has 0 heterocycles. The second-order valence-electron chi connectivity index (χ2n) is 3.13. The molecule has 0 unspecified atom stereocenters. The quantitative estimate of drug-likeness (QED) is 0.496. The first-order chi connectivity index (χ1) is 5.77. The Kier molecular flexibility index (Phi) is 1.57. The highest BCUT2D eigenvalue weighted by Crippen LogP contribution is 2.40. The molecule has 1 aliphatic carbocycles. The van der Waals surface area contributed by atoms with Crippen LogP contribution in [0.5, 0.6) is 0 Å². The van der Waals surface area contributed by atoms with E-state index < -0.39 is 0 Å². The summed E-state index contributed by atoms with van der Waals surface area (Å²) in [7, 11) is 0. The van der Waals surface area contributed by atoms with Crippen molar-refractivity contribution in [2.45, 2.75) is 18.8 Å². The molecule has 3 heteroatoms. The maximum Gasteiger partial charge on any atom is 0.269 e. The first-order valence-electron chi connectivity index (χ1n) is 4.02. The van der Waals surface area contributed by atoms with Gasteiger partial charge in [-0.2, -0.15) is 0 Å². The molecule has 0 aliphatic heterocycles. The van der Waals surface area contributed by atoms with E-state index in [9.17, 15) is 10.1 Å². The Morgan fingerprint density at radius 2 is 2.17 bits per heavy atom. The van der Waals surface area contributed by atoms with Gasteiger partial charge in [-0.15, -0.1) is 0 Å². The second-order valence-corrected chi connectivity index (χ2v) is 3.13. The van der Waals surface area contributed by atoms with Crippen LogP contribution in [0.15, 0.2) is 24.3 Å². The number of nitrogens with zero attached hydrogens (tertiary/aromatic N) is 1. The van der Waals surface area contributed by atoms with Crippen molar-refractivity contribution in [3.05, 3.63) is 39.9 Å². The predicted octanol–water partition coefficient (Wildman–Crippen LogP) is 2.47. The van der Waals surface area contributed by atoms with Gasteiger partial charge in [0.15, 0.2) is 0 Å². The topological polar surface area (TPSA) is 43.1 Å². The van der Waals surface area contributed by atoms with E-state index in [0.29, 0.717) is 5.92 Å². The van der Waals surface area contributed by atoms with Gasteiger partial charge in [0.25, 0.3) is 5.69 Å². The molecular formula is C9H9NO2. The summed E-state index contributed by atoms with van der Waals surface area (Å²) in [6.45, 7) is 0. The second kappa shape index (κ2) is 2.59. The van der Waals surface area contributed by atoms with Crippen molar-refractivity contribution in [2.75, 3.05) is 0 Å².